The van der Waals surface area contributed by atoms with Gasteiger partial charge in [-0.3, -0.25) is 4.79 Å². The molecule has 0 saturated heterocycles. The van der Waals surface area contributed by atoms with E-state index >= 15 is 0 Å². The summed E-state index contributed by atoms with van der Waals surface area (Å²) in [5.74, 6) is -2.89. The molecule has 0 aliphatic rings. The number of ether oxygens (including phenoxy) is 1. The Morgan fingerprint density at radius 3 is 2.36 bits per heavy atom. The van der Waals surface area contributed by atoms with Gasteiger partial charge in [0.1, 0.15) is 6.07 Å². The lowest BCUT2D eigenvalue weighted by atomic mass is 10.2. The largest absolute Gasteiger partial charge is 0.471 e. The molecule has 0 atom stereocenters. The summed E-state index contributed by atoms with van der Waals surface area (Å²) in [4.78, 5) is 22.8. The number of halogens is 3. The predicted molar refractivity (Wildman–Crippen MR) is 80.9 cm³/mol. The second-order valence-corrected chi connectivity index (χ2v) is 4.78. The monoisotopic (exact) mass is 352 g/mol. The van der Waals surface area contributed by atoms with Gasteiger partial charge >= 0.3 is 18.1 Å². The van der Waals surface area contributed by atoms with E-state index in [0.717, 1.165) is 7.11 Å². The maximum absolute atomic E-state index is 12.2. The highest BCUT2D eigenvalue weighted by molar-refractivity contribution is 5.96. The van der Waals surface area contributed by atoms with Crippen molar-refractivity contribution in [2.24, 2.45) is 0 Å². The van der Waals surface area contributed by atoms with Crippen LogP contribution < -0.4 is 11.1 Å². The fourth-order valence-corrected chi connectivity index (χ4v) is 2.03. The number of nitrogen functional groups attached to an aromatic ring is 1. The van der Waals surface area contributed by atoms with Crippen LogP contribution in [0.25, 0.3) is 5.69 Å². The first kappa shape index (κ1) is 17.9. The van der Waals surface area contributed by atoms with Crippen molar-refractivity contribution in [1.82, 2.24) is 4.57 Å². The fourth-order valence-electron chi connectivity index (χ4n) is 2.03. The Bertz CT molecular complexity index is 864. The smallest absolute Gasteiger partial charge is 0.464 e. The number of alkyl halides is 3. The minimum atomic E-state index is -5.01. The van der Waals surface area contributed by atoms with Crippen molar-refractivity contribution in [3.63, 3.8) is 0 Å². The van der Waals surface area contributed by atoms with Crippen LogP contribution in [0.2, 0.25) is 0 Å². The molecule has 10 heteroatoms. The molecule has 130 valence electrons. The number of amides is 1. The minimum Gasteiger partial charge on any atom is -0.464 e. The van der Waals surface area contributed by atoms with Crippen molar-refractivity contribution in [3.8, 4) is 11.8 Å². The zero-order valence-electron chi connectivity index (χ0n) is 12.7. The molecule has 0 bridgehead atoms. The SMILES string of the molecule is COC(=O)c1c(N)c(C#N)cn1-c1ccc(NC(=O)C(F)(F)F)cc1. The summed E-state index contributed by atoms with van der Waals surface area (Å²) in [5.41, 5.74) is 5.85. The van der Waals surface area contributed by atoms with E-state index in [0.29, 0.717) is 5.69 Å². The third-order valence-corrected chi connectivity index (χ3v) is 3.20. The zero-order valence-corrected chi connectivity index (χ0v) is 12.7. The van der Waals surface area contributed by atoms with Crippen LogP contribution in [0.5, 0.6) is 0 Å². The van der Waals surface area contributed by atoms with Gasteiger partial charge in [-0.1, -0.05) is 0 Å². The van der Waals surface area contributed by atoms with E-state index in [2.05, 4.69) is 4.74 Å². The van der Waals surface area contributed by atoms with Gasteiger partial charge in [0, 0.05) is 17.6 Å². The van der Waals surface area contributed by atoms with Crippen molar-refractivity contribution in [2.45, 2.75) is 6.18 Å². The van der Waals surface area contributed by atoms with Crippen LogP contribution in [0.3, 0.4) is 0 Å². The Balaban J connectivity index is 2.39. The lowest BCUT2D eigenvalue weighted by Crippen LogP contribution is -2.29. The van der Waals surface area contributed by atoms with Gasteiger partial charge in [0.2, 0.25) is 0 Å². The standard InChI is InChI=1S/C15H11F3N4O3/c1-25-13(23)12-11(20)8(6-19)7-22(12)10-4-2-9(3-5-10)21-14(24)15(16,17)18/h2-5,7H,20H2,1H3,(H,21,24). The second kappa shape index (κ2) is 6.56. The maximum Gasteiger partial charge on any atom is 0.471 e. The summed E-state index contributed by atoms with van der Waals surface area (Å²) in [7, 11) is 1.14. The van der Waals surface area contributed by atoms with Crippen LogP contribution in [0.15, 0.2) is 30.5 Å². The number of carbonyl (C=O) groups excluding carboxylic acids is 2. The van der Waals surface area contributed by atoms with Crippen LogP contribution >= 0.6 is 0 Å². The number of aromatic nitrogens is 1. The Labute approximate surface area is 139 Å². The summed E-state index contributed by atoms with van der Waals surface area (Å²) in [6, 6.07) is 6.94. The van der Waals surface area contributed by atoms with Crippen LogP contribution in [0, 0.1) is 11.3 Å². The van der Waals surface area contributed by atoms with Gasteiger partial charge in [-0.25, -0.2) is 4.79 Å². The lowest BCUT2D eigenvalue weighted by Gasteiger charge is -2.11. The van der Waals surface area contributed by atoms with Crippen molar-refractivity contribution in [3.05, 3.63) is 41.7 Å². The molecule has 1 aromatic carbocycles. The van der Waals surface area contributed by atoms with E-state index < -0.39 is 18.1 Å². The van der Waals surface area contributed by atoms with Crippen molar-refractivity contribution in [2.75, 3.05) is 18.2 Å². The number of hydrogen-bond donors (Lipinski definition) is 2. The molecule has 0 unspecified atom stereocenters. The molecular weight excluding hydrogens is 341 g/mol. The van der Waals surface area contributed by atoms with Gasteiger partial charge in [-0.2, -0.15) is 18.4 Å². The molecular formula is C15H11F3N4O3. The molecule has 7 nitrogen and oxygen atoms in total. The quantitative estimate of drug-likeness (QED) is 0.823. The topological polar surface area (TPSA) is 110 Å². The maximum atomic E-state index is 12.2. The highest BCUT2D eigenvalue weighted by Gasteiger charge is 2.38. The van der Waals surface area contributed by atoms with Gasteiger partial charge < -0.3 is 20.4 Å². The van der Waals surface area contributed by atoms with Gasteiger partial charge in [0.05, 0.1) is 18.4 Å². The summed E-state index contributed by atoms with van der Waals surface area (Å²) in [6.45, 7) is 0. The molecule has 0 fully saturated rings. The number of esters is 1. The Kier molecular flexibility index (Phi) is 4.69. The average molecular weight is 352 g/mol. The minimum absolute atomic E-state index is 0.0369. The van der Waals surface area contributed by atoms with E-state index in [1.807, 2.05) is 6.07 Å². The fraction of sp³-hybridized carbons (Fsp3) is 0.133. The van der Waals surface area contributed by atoms with E-state index in [1.165, 1.54) is 35.0 Å². The number of hydrogen-bond acceptors (Lipinski definition) is 5. The van der Waals surface area contributed by atoms with Gasteiger partial charge in [-0.05, 0) is 24.3 Å². The van der Waals surface area contributed by atoms with Crippen molar-refractivity contribution < 1.29 is 27.5 Å². The number of rotatable bonds is 3. The zero-order chi connectivity index (χ0) is 18.8. The molecule has 0 aliphatic carbocycles. The molecule has 1 amide bonds. The highest BCUT2D eigenvalue weighted by atomic mass is 19.4. The molecule has 0 aliphatic heterocycles. The van der Waals surface area contributed by atoms with E-state index in [4.69, 9.17) is 11.0 Å². The van der Waals surface area contributed by atoms with E-state index in [-0.39, 0.29) is 22.6 Å². The molecule has 3 N–H and O–H groups in total. The number of nitriles is 1. The molecule has 1 aromatic heterocycles. The highest BCUT2D eigenvalue weighted by Crippen LogP contribution is 2.26. The summed E-state index contributed by atoms with van der Waals surface area (Å²) < 4.78 is 42.6. The van der Waals surface area contributed by atoms with Gasteiger partial charge in [0.25, 0.3) is 0 Å². The average Bonchev–Trinajstić information content (AvgIpc) is 2.90. The van der Waals surface area contributed by atoms with Crippen molar-refractivity contribution in [1.29, 1.82) is 5.26 Å². The Morgan fingerprint density at radius 1 is 1.28 bits per heavy atom. The van der Waals surface area contributed by atoms with Crippen LogP contribution in [0.4, 0.5) is 24.5 Å². The van der Waals surface area contributed by atoms with E-state index in [1.54, 1.807) is 5.32 Å². The Morgan fingerprint density at radius 2 is 1.88 bits per heavy atom. The second-order valence-electron chi connectivity index (χ2n) is 4.78. The molecule has 2 rings (SSSR count). The number of nitrogens with zero attached hydrogens (tertiary/aromatic N) is 2. The Hall–Kier alpha value is -3.48. The normalized spacial score (nSPS) is 10.8. The molecule has 25 heavy (non-hydrogen) atoms. The first-order valence-corrected chi connectivity index (χ1v) is 6.67. The molecule has 0 saturated carbocycles. The number of benzene rings is 1. The van der Waals surface area contributed by atoms with Gasteiger partial charge in [0.15, 0.2) is 5.69 Å². The number of nitrogens with one attached hydrogen (secondary N) is 1. The summed E-state index contributed by atoms with van der Waals surface area (Å²) >= 11 is 0. The number of nitrogens with two attached hydrogens (primary N) is 1. The first-order valence-electron chi connectivity index (χ1n) is 6.67. The molecule has 2 aromatic rings. The third-order valence-electron chi connectivity index (χ3n) is 3.20. The van der Waals surface area contributed by atoms with Crippen LogP contribution in [-0.2, 0) is 9.53 Å². The third kappa shape index (κ3) is 3.55. The summed E-state index contributed by atoms with van der Waals surface area (Å²) in [6.07, 6.45) is -3.71. The first-order chi connectivity index (χ1) is 11.7. The molecule has 1 heterocycles. The van der Waals surface area contributed by atoms with Gasteiger partial charge in [-0.15, -0.1) is 0 Å². The lowest BCUT2D eigenvalue weighted by molar-refractivity contribution is -0.167. The van der Waals surface area contributed by atoms with Crippen molar-refractivity contribution >= 4 is 23.3 Å². The predicted octanol–water partition coefficient (Wildman–Crippen LogP) is 2.22. The number of anilines is 2. The van der Waals surface area contributed by atoms with Crippen LogP contribution in [0.1, 0.15) is 16.1 Å². The molecule has 0 spiro atoms. The summed E-state index contributed by atoms with van der Waals surface area (Å²) in [5, 5.41) is 10.7. The number of methoxy groups -OCH3 is 1. The van der Waals surface area contributed by atoms with E-state index in [9.17, 15) is 22.8 Å². The van der Waals surface area contributed by atoms with Crippen LogP contribution in [-0.4, -0.2) is 29.7 Å². The molecule has 0 radical (unpaired) electrons. The number of carbonyl (C=O) groups is 2.